The molecule has 1 spiro atoms. The van der Waals surface area contributed by atoms with Crippen molar-refractivity contribution in [1.29, 1.82) is 0 Å². The Labute approximate surface area is 126 Å². The molecule has 1 aromatic rings. The first kappa shape index (κ1) is 14.4. The fourth-order valence-electron chi connectivity index (χ4n) is 3.27. The van der Waals surface area contributed by atoms with Gasteiger partial charge in [0.2, 0.25) is 0 Å². The SMILES string of the molecule is CC(C)(C)OC(=O)N1CC2(CN(Cc3ccccc3)C2)C1. The highest BCUT2D eigenvalue weighted by molar-refractivity contribution is 5.69. The van der Waals surface area contributed by atoms with E-state index >= 15 is 0 Å². The summed E-state index contributed by atoms with van der Waals surface area (Å²) in [5, 5.41) is 0. The molecular weight excluding hydrogens is 264 g/mol. The molecule has 0 bridgehead atoms. The molecule has 0 unspecified atom stereocenters. The fraction of sp³-hybridized carbons (Fsp3) is 0.588. The summed E-state index contributed by atoms with van der Waals surface area (Å²) >= 11 is 0. The van der Waals surface area contributed by atoms with E-state index in [0.29, 0.717) is 5.41 Å². The Morgan fingerprint density at radius 2 is 1.76 bits per heavy atom. The first-order valence-electron chi connectivity index (χ1n) is 7.60. The molecule has 0 aliphatic carbocycles. The van der Waals surface area contributed by atoms with E-state index in [1.165, 1.54) is 5.56 Å². The van der Waals surface area contributed by atoms with Gasteiger partial charge in [0.25, 0.3) is 0 Å². The van der Waals surface area contributed by atoms with Gasteiger partial charge in [-0.05, 0) is 26.3 Å². The fourth-order valence-corrected chi connectivity index (χ4v) is 3.27. The summed E-state index contributed by atoms with van der Waals surface area (Å²) in [6, 6.07) is 10.5. The Balaban J connectivity index is 1.43. The van der Waals surface area contributed by atoms with E-state index in [-0.39, 0.29) is 6.09 Å². The van der Waals surface area contributed by atoms with Crippen molar-refractivity contribution in [2.24, 2.45) is 5.41 Å². The molecule has 0 saturated carbocycles. The van der Waals surface area contributed by atoms with Crippen molar-refractivity contribution in [2.45, 2.75) is 32.9 Å². The zero-order valence-electron chi connectivity index (χ0n) is 13.1. The number of ether oxygens (including phenoxy) is 1. The summed E-state index contributed by atoms with van der Waals surface area (Å²) in [5.41, 5.74) is 1.28. The van der Waals surface area contributed by atoms with Crippen LogP contribution in [0.5, 0.6) is 0 Å². The zero-order valence-corrected chi connectivity index (χ0v) is 13.1. The van der Waals surface area contributed by atoms with Crippen molar-refractivity contribution >= 4 is 6.09 Å². The van der Waals surface area contributed by atoms with E-state index in [1.807, 2.05) is 31.7 Å². The van der Waals surface area contributed by atoms with Gasteiger partial charge in [0.05, 0.1) is 0 Å². The van der Waals surface area contributed by atoms with Crippen molar-refractivity contribution in [3.8, 4) is 0 Å². The molecule has 3 rings (SSSR count). The van der Waals surface area contributed by atoms with Gasteiger partial charge in [0.15, 0.2) is 0 Å². The second-order valence-electron chi connectivity index (χ2n) is 7.47. The molecular formula is C17H24N2O2. The first-order chi connectivity index (χ1) is 9.85. The van der Waals surface area contributed by atoms with Crippen LogP contribution >= 0.6 is 0 Å². The molecule has 1 aromatic carbocycles. The maximum absolute atomic E-state index is 11.9. The summed E-state index contributed by atoms with van der Waals surface area (Å²) in [6.45, 7) is 10.6. The predicted octanol–water partition coefficient (Wildman–Crippen LogP) is 2.74. The van der Waals surface area contributed by atoms with Gasteiger partial charge in [-0.2, -0.15) is 0 Å². The van der Waals surface area contributed by atoms with Crippen molar-refractivity contribution in [3.63, 3.8) is 0 Å². The van der Waals surface area contributed by atoms with Crippen LogP contribution in [-0.2, 0) is 11.3 Å². The largest absolute Gasteiger partial charge is 0.444 e. The zero-order chi connectivity index (χ0) is 15.1. The minimum atomic E-state index is -0.404. The highest BCUT2D eigenvalue weighted by Crippen LogP contribution is 2.40. The molecule has 2 aliphatic heterocycles. The summed E-state index contributed by atoms with van der Waals surface area (Å²) in [7, 11) is 0. The lowest BCUT2D eigenvalue weighted by atomic mass is 9.73. The van der Waals surface area contributed by atoms with Gasteiger partial charge in [0.1, 0.15) is 5.60 Å². The topological polar surface area (TPSA) is 32.8 Å². The van der Waals surface area contributed by atoms with Crippen LogP contribution in [-0.4, -0.2) is 47.7 Å². The quantitative estimate of drug-likeness (QED) is 0.839. The smallest absolute Gasteiger partial charge is 0.410 e. The van der Waals surface area contributed by atoms with Crippen LogP contribution in [0.1, 0.15) is 26.3 Å². The number of nitrogens with zero attached hydrogens (tertiary/aromatic N) is 2. The van der Waals surface area contributed by atoms with Gasteiger partial charge >= 0.3 is 6.09 Å². The standard InChI is InChI=1S/C17H24N2O2/c1-16(2,3)21-15(20)19-12-17(13-19)10-18(11-17)9-14-7-5-4-6-8-14/h4-8H,9-13H2,1-3H3. The van der Waals surface area contributed by atoms with Crippen molar-refractivity contribution in [3.05, 3.63) is 35.9 Å². The number of carbonyl (C=O) groups is 1. The number of hydrogen-bond donors (Lipinski definition) is 0. The van der Waals surface area contributed by atoms with Crippen LogP contribution in [0.3, 0.4) is 0 Å². The number of amides is 1. The van der Waals surface area contributed by atoms with Gasteiger partial charge in [0, 0.05) is 38.1 Å². The number of hydrogen-bond acceptors (Lipinski definition) is 3. The van der Waals surface area contributed by atoms with Crippen molar-refractivity contribution in [2.75, 3.05) is 26.2 Å². The minimum Gasteiger partial charge on any atom is -0.444 e. The summed E-state index contributed by atoms with van der Waals surface area (Å²) < 4.78 is 5.40. The molecule has 1 amide bonds. The van der Waals surface area contributed by atoms with Crippen LogP contribution in [0.2, 0.25) is 0 Å². The lowest BCUT2D eigenvalue weighted by Crippen LogP contribution is -2.72. The maximum Gasteiger partial charge on any atom is 0.410 e. The van der Waals surface area contributed by atoms with Crippen molar-refractivity contribution in [1.82, 2.24) is 9.80 Å². The summed E-state index contributed by atoms with van der Waals surface area (Å²) in [4.78, 5) is 16.2. The Morgan fingerprint density at radius 1 is 1.14 bits per heavy atom. The average Bonchev–Trinajstić information content (AvgIpc) is 2.29. The highest BCUT2D eigenvalue weighted by Gasteiger charge is 2.53. The van der Waals surface area contributed by atoms with Crippen molar-refractivity contribution < 1.29 is 9.53 Å². The molecule has 114 valence electrons. The van der Waals surface area contributed by atoms with Crippen LogP contribution in [0, 0.1) is 5.41 Å². The van der Waals surface area contributed by atoms with E-state index in [2.05, 4.69) is 29.2 Å². The summed E-state index contributed by atoms with van der Waals surface area (Å²) in [6.07, 6.45) is -0.172. The van der Waals surface area contributed by atoms with Crippen LogP contribution < -0.4 is 0 Å². The van der Waals surface area contributed by atoms with Gasteiger partial charge in [-0.1, -0.05) is 30.3 Å². The monoisotopic (exact) mass is 288 g/mol. The Bertz CT molecular complexity index is 507. The molecule has 4 nitrogen and oxygen atoms in total. The van der Waals surface area contributed by atoms with Gasteiger partial charge < -0.3 is 9.64 Å². The third-order valence-corrected chi connectivity index (χ3v) is 4.07. The number of benzene rings is 1. The van der Waals surface area contributed by atoms with Gasteiger partial charge in [-0.25, -0.2) is 4.79 Å². The molecule has 2 fully saturated rings. The molecule has 2 saturated heterocycles. The van der Waals surface area contributed by atoms with E-state index in [0.717, 1.165) is 32.7 Å². The molecule has 0 aromatic heterocycles. The summed E-state index contributed by atoms with van der Waals surface area (Å²) in [5.74, 6) is 0. The molecule has 4 heteroatoms. The molecule has 2 aliphatic rings. The predicted molar refractivity (Wildman–Crippen MR) is 82.0 cm³/mol. The third kappa shape index (κ3) is 3.21. The first-order valence-corrected chi connectivity index (χ1v) is 7.60. The number of likely N-dealkylation sites (tertiary alicyclic amines) is 2. The molecule has 0 atom stereocenters. The Kier molecular flexibility index (Phi) is 3.44. The molecule has 2 heterocycles. The van der Waals surface area contributed by atoms with Crippen LogP contribution in [0.4, 0.5) is 4.79 Å². The lowest BCUT2D eigenvalue weighted by Gasteiger charge is -2.60. The lowest BCUT2D eigenvalue weighted by molar-refractivity contribution is -0.115. The van der Waals surface area contributed by atoms with Crippen LogP contribution in [0.15, 0.2) is 30.3 Å². The number of rotatable bonds is 2. The van der Waals surface area contributed by atoms with Gasteiger partial charge in [-0.3, -0.25) is 4.90 Å². The highest BCUT2D eigenvalue weighted by atomic mass is 16.6. The number of carbonyl (C=O) groups excluding carboxylic acids is 1. The van der Waals surface area contributed by atoms with E-state index in [1.54, 1.807) is 0 Å². The Hall–Kier alpha value is -1.55. The van der Waals surface area contributed by atoms with Gasteiger partial charge in [-0.15, -0.1) is 0 Å². The molecule has 0 N–H and O–H groups in total. The molecule has 21 heavy (non-hydrogen) atoms. The maximum atomic E-state index is 11.9. The Morgan fingerprint density at radius 3 is 2.33 bits per heavy atom. The van der Waals surface area contributed by atoms with E-state index < -0.39 is 5.60 Å². The molecule has 0 radical (unpaired) electrons. The van der Waals surface area contributed by atoms with E-state index in [9.17, 15) is 4.79 Å². The second kappa shape index (κ2) is 5.02. The van der Waals surface area contributed by atoms with E-state index in [4.69, 9.17) is 4.74 Å². The van der Waals surface area contributed by atoms with Crippen LogP contribution in [0.25, 0.3) is 0 Å². The minimum absolute atomic E-state index is 0.172. The second-order valence-corrected chi connectivity index (χ2v) is 7.47. The average molecular weight is 288 g/mol. The third-order valence-electron chi connectivity index (χ3n) is 4.07. The normalized spacial score (nSPS) is 20.8.